The molecule has 2 heterocycles. The number of para-hydroxylation sites is 1. The van der Waals surface area contributed by atoms with Crippen molar-refractivity contribution in [2.75, 3.05) is 57.9 Å². The molecule has 6 nitrogen and oxygen atoms in total. The zero-order valence-corrected chi connectivity index (χ0v) is 18.2. The van der Waals surface area contributed by atoms with E-state index in [0.29, 0.717) is 6.42 Å². The van der Waals surface area contributed by atoms with Gasteiger partial charge in [-0.1, -0.05) is 18.2 Å². The summed E-state index contributed by atoms with van der Waals surface area (Å²) < 4.78 is 10.5. The van der Waals surface area contributed by atoms with E-state index in [4.69, 9.17) is 9.47 Å². The Morgan fingerprint density at radius 1 is 1.13 bits per heavy atom. The summed E-state index contributed by atoms with van der Waals surface area (Å²) in [5, 5.41) is 21.2. The van der Waals surface area contributed by atoms with Crippen molar-refractivity contribution in [3.63, 3.8) is 0 Å². The van der Waals surface area contributed by atoms with Crippen LogP contribution in [0.15, 0.2) is 53.4 Å². The fourth-order valence-electron chi connectivity index (χ4n) is 4.07. The normalized spacial score (nSPS) is 24.6. The number of aliphatic hydroxyl groups excluding tert-OH is 2. The lowest BCUT2D eigenvalue weighted by molar-refractivity contribution is 0.0429. The number of anilines is 1. The van der Waals surface area contributed by atoms with Gasteiger partial charge in [0.05, 0.1) is 23.4 Å². The minimum atomic E-state index is -0.753. The standard InChI is InChI=1S/C23H30N2O4S/c1-28-19-7-8-20-21(15-19)30-23(17-26,22(27)16-29-20)9-10-24-11-13-25(14-12-24)18-5-3-2-4-6-18/h2-8,15,22,26-27H,9-14,16-17H2,1H3/t22-,23+/m0/s1. The van der Waals surface area contributed by atoms with Crippen LogP contribution in [-0.4, -0.2) is 79.0 Å². The maximum atomic E-state index is 10.9. The highest BCUT2D eigenvalue weighted by molar-refractivity contribution is 8.00. The predicted octanol–water partition coefficient (Wildman–Crippen LogP) is 2.48. The lowest BCUT2D eigenvalue weighted by atomic mass is 9.98. The van der Waals surface area contributed by atoms with Gasteiger partial charge in [-0.05, 0) is 43.3 Å². The van der Waals surface area contributed by atoms with Gasteiger partial charge < -0.3 is 24.6 Å². The molecule has 30 heavy (non-hydrogen) atoms. The SMILES string of the molecule is COc1ccc2c(c1)S[C@@](CO)(CCN1CCN(c3ccccc3)CC1)[C@@H](O)CO2. The van der Waals surface area contributed by atoms with E-state index in [2.05, 4.69) is 34.1 Å². The maximum Gasteiger partial charge on any atom is 0.133 e. The largest absolute Gasteiger partial charge is 0.497 e. The van der Waals surface area contributed by atoms with Crippen LogP contribution in [0, 0.1) is 0 Å². The van der Waals surface area contributed by atoms with Crippen LogP contribution < -0.4 is 14.4 Å². The highest BCUT2D eigenvalue weighted by Gasteiger charge is 2.42. The molecule has 0 bridgehead atoms. The monoisotopic (exact) mass is 430 g/mol. The number of fused-ring (bicyclic) bond motifs is 1. The second-order valence-corrected chi connectivity index (χ2v) is 9.34. The second-order valence-electron chi connectivity index (χ2n) is 7.88. The van der Waals surface area contributed by atoms with E-state index in [-0.39, 0.29) is 13.2 Å². The first-order valence-corrected chi connectivity index (χ1v) is 11.3. The maximum absolute atomic E-state index is 10.9. The molecule has 162 valence electrons. The van der Waals surface area contributed by atoms with Gasteiger partial charge in [-0.15, -0.1) is 11.8 Å². The van der Waals surface area contributed by atoms with Crippen LogP contribution >= 0.6 is 11.8 Å². The van der Waals surface area contributed by atoms with Crippen molar-refractivity contribution in [3.05, 3.63) is 48.5 Å². The minimum Gasteiger partial charge on any atom is -0.497 e. The van der Waals surface area contributed by atoms with Gasteiger partial charge in [0.15, 0.2) is 0 Å². The smallest absolute Gasteiger partial charge is 0.133 e. The van der Waals surface area contributed by atoms with Crippen molar-refractivity contribution in [2.45, 2.75) is 22.2 Å². The van der Waals surface area contributed by atoms with E-state index in [1.165, 1.54) is 17.4 Å². The molecule has 0 unspecified atom stereocenters. The first kappa shape index (κ1) is 21.3. The number of nitrogens with zero attached hydrogens (tertiary/aromatic N) is 2. The molecule has 0 saturated carbocycles. The number of thioether (sulfide) groups is 1. The van der Waals surface area contributed by atoms with Gasteiger partial charge in [0, 0.05) is 31.9 Å². The molecular weight excluding hydrogens is 400 g/mol. The number of hydrogen-bond acceptors (Lipinski definition) is 7. The molecule has 1 saturated heterocycles. The number of ether oxygens (including phenoxy) is 2. The molecule has 2 aromatic carbocycles. The van der Waals surface area contributed by atoms with E-state index >= 15 is 0 Å². The molecule has 4 rings (SSSR count). The van der Waals surface area contributed by atoms with Crippen LogP contribution in [0.5, 0.6) is 11.5 Å². The highest BCUT2D eigenvalue weighted by atomic mass is 32.2. The molecule has 0 spiro atoms. The average molecular weight is 431 g/mol. The third kappa shape index (κ3) is 4.54. The summed E-state index contributed by atoms with van der Waals surface area (Å²) in [5.41, 5.74) is 1.27. The van der Waals surface area contributed by atoms with E-state index < -0.39 is 10.9 Å². The van der Waals surface area contributed by atoms with Crippen LogP contribution in [0.1, 0.15) is 6.42 Å². The summed E-state index contributed by atoms with van der Waals surface area (Å²) in [6.45, 7) is 4.80. The highest BCUT2D eigenvalue weighted by Crippen LogP contribution is 2.46. The van der Waals surface area contributed by atoms with E-state index in [0.717, 1.165) is 49.1 Å². The number of methoxy groups -OCH3 is 1. The van der Waals surface area contributed by atoms with Gasteiger partial charge in [-0.2, -0.15) is 0 Å². The number of hydrogen-bond donors (Lipinski definition) is 2. The van der Waals surface area contributed by atoms with Crippen molar-refractivity contribution < 1.29 is 19.7 Å². The van der Waals surface area contributed by atoms with E-state index in [1.807, 2.05) is 24.3 Å². The lowest BCUT2D eigenvalue weighted by Gasteiger charge is -2.39. The zero-order chi connectivity index (χ0) is 21.0. The van der Waals surface area contributed by atoms with Crippen LogP contribution in [-0.2, 0) is 0 Å². The van der Waals surface area contributed by atoms with Gasteiger partial charge >= 0.3 is 0 Å². The molecule has 7 heteroatoms. The Kier molecular flexibility index (Phi) is 6.73. The summed E-state index contributed by atoms with van der Waals surface area (Å²) in [6, 6.07) is 16.1. The Hall–Kier alpha value is -1.93. The summed E-state index contributed by atoms with van der Waals surface area (Å²) >= 11 is 1.51. The molecule has 2 aliphatic heterocycles. The number of piperazine rings is 1. The lowest BCUT2D eigenvalue weighted by Crippen LogP contribution is -2.50. The first-order valence-electron chi connectivity index (χ1n) is 10.4. The van der Waals surface area contributed by atoms with Crippen molar-refractivity contribution in [2.24, 2.45) is 0 Å². The molecule has 2 aromatic rings. The summed E-state index contributed by atoms with van der Waals surface area (Å²) in [4.78, 5) is 5.72. The van der Waals surface area contributed by atoms with Crippen molar-refractivity contribution in [1.29, 1.82) is 0 Å². The Bertz CT molecular complexity index is 829. The van der Waals surface area contributed by atoms with E-state index in [1.54, 1.807) is 7.11 Å². The Morgan fingerprint density at radius 2 is 1.90 bits per heavy atom. The zero-order valence-electron chi connectivity index (χ0n) is 17.4. The minimum absolute atomic E-state index is 0.108. The summed E-state index contributed by atoms with van der Waals surface area (Å²) in [5.74, 6) is 1.47. The topological polar surface area (TPSA) is 65.4 Å². The van der Waals surface area contributed by atoms with Crippen LogP contribution in [0.4, 0.5) is 5.69 Å². The molecule has 2 aliphatic rings. The van der Waals surface area contributed by atoms with Gasteiger partial charge in [0.25, 0.3) is 0 Å². The van der Waals surface area contributed by atoms with Crippen LogP contribution in [0.3, 0.4) is 0 Å². The predicted molar refractivity (Wildman–Crippen MR) is 120 cm³/mol. The van der Waals surface area contributed by atoms with Gasteiger partial charge in [-0.3, -0.25) is 4.90 Å². The Balaban J connectivity index is 1.40. The van der Waals surface area contributed by atoms with Gasteiger partial charge in [0.2, 0.25) is 0 Å². The molecule has 0 radical (unpaired) electrons. The van der Waals surface area contributed by atoms with Gasteiger partial charge in [-0.25, -0.2) is 0 Å². The molecule has 2 atom stereocenters. The van der Waals surface area contributed by atoms with Crippen LogP contribution in [0.25, 0.3) is 0 Å². The average Bonchev–Trinajstić information content (AvgIpc) is 2.95. The summed E-state index contributed by atoms with van der Waals surface area (Å²) in [6.07, 6.45) is -0.0720. The van der Waals surface area contributed by atoms with Crippen LogP contribution in [0.2, 0.25) is 0 Å². The third-order valence-electron chi connectivity index (χ3n) is 6.08. The Labute approximate surface area is 182 Å². The number of aliphatic hydroxyl groups is 2. The fourth-order valence-corrected chi connectivity index (χ4v) is 5.37. The second kappa shape index (κ2) is 9.47. The van der Waals surface area contributed by atoms with Crippen molar-refractivity contribution >= 4 is 17.4 Å². The Morgan fingerprint density at radius 3 is 2.60 bits per heavy atom. The molecule has 0 aliphatic carbocycles. The molecule has 0 aromatic heterocycles. The quantitative estimate of drug-likeness (QED) is 0.730. The van der Waals surface area contributed by atoms with E-state index in [9.17, 15) is 10.2 Å². The molecule has 2 N–H and O–H groups in total. The molecule has 0 amide bonds. The van der Waals surface area contributed by atoms with Crippen molar-refractivity contribution in [3.8, 4) is 11.5 Å². The number of benzene rings is 2. The number of rotatable bonds is 6. The molecular formula is C23H30N2O4S. The fraction of sp³-hybridized carbons (Fsp3) is 0.478. The first-order chi connectivity index (χ1) is 14.6. The van der Waals surface area contributed by atoms with Gasteiger partial charge in [0.1, 0.15) is 24.2 Å². The summed E-state index contributed by atoms with van der Waals surface area (Å²) in [7, 11) is 1.63. The molecule has 1 fully saturated rings. The van der Waals surface area contributed by atoms with Crippen molar-refractivity contribution in [1.82, 2.24) is 4.90 Å². The third-order valence-corrected chi connectivity index (χ3v) is 7.63.